The number of thiophene rings is 1. The molecular formula is C13H14N2O3S2. The van der Waals surface area contributed by atoms with Crippen molar-refractivity contribution in [2.75, 3.05) is 19.8 Å². The summed E-state index contributed by atoms with van der Waals surface area (Å²) in [5, 5.41) is 17.4. The Morgan fingerprint density at radius 2 is 2.45 bits per heavy atom. The van der Waals surface area contributed by atoms with Crippen LogP contribution in [0.15, 0.2) is 22.9 Å². The van der Waals surface area contributed by atoms with Gasteiger partial charge in [0.15, 0.2) is 0 Å². The van der Waals surface area contributed by atoms with Crippen molar-refractivity contribution >= 4 is 28.6 Å². The average Bonchev–Trinajstić information content (AvgIpc) is 3.16. The maximum Gasteiger partial charge on any atom is 0.270 e. The number of nitrogens with zero attached hydrogens (tertiary/aromatic N) is 1. The van der Waals surface area contributed by atoms with Crippen molar-refractivity contribution in [1.82, 2.24) is 10.3 Å². The smallest absolute Gasteiger partial charge is 0.270 e. The van der Waals surface area contributed by atoms with E-state index in [0.29, 0.717) is 18.7 Å². The molecule has 1 atom stereocenters. The number of carbonyl (C=O) groups excluding carboxylic acids is 1. The van der Waals surface area contributed by atoms with E-state index >= 15 is 0 Å². The third kappa shape index (κ3) is 2.90. The Morgan fingerprint density at radius 1 is 1.55 bits per heavy atom. The Kier molecular flexibility index (Phi) is 3.84. The van der Waals surface area contributed by atoms with Gasteiger partial charge in [-0.05, 0) is 11.4 Å². The summed E-state index contributed by atoms with van der Waals surface area (Å²) in [5.74, 6) is -0.260. The topological polar surface area (TPSA) is 71.5 Å². The van der Waals surface area contributed by atoms with Crippen LogP contribution in [0, 0.1) is 0 Å². The van der Waals surface area contributed by atoms with E-state index in [1.165, 1.54) is 11.3 Å². The highest BCUT2D eigenvalue weighted by Gasteiger charge is 2.32. The summed E-state index contributed by atoms with van der Waals surface area (Å²) in [7, 11) is 0. The first-order chi connectivity index (χ1) is 9.66. The van der Waals surface area contributed by atoms with E-state index in [9.17, 15) is 9.90 Å². The Balaban J connectivity index is 1.63. The molecule has 1 fully saturated rings. The molecule has 0 bridgehead atoms. The van der Waals surface area contributed by atoms with Crippen molar-refractivity contribution < 1.29 is 14.6 Å². The standard InChI is InChI=1S/C13H14N2O3S2/c16-11(14-7-13(17)3-4-18-8-13)9-6-20-12(15-9)10-2-1-5-19-10/h1-2,5-6,17H,3-4,7-8H2,(H,14,16). The van der Waals surface area contributed by atoms with Crippen LogP contribution in [0.1, 0.15) is 16.9 Å². The van der Waals surface area contributed by atoms with Gasteiger partial charge in [0.1, 0.15) is 16.3 Å². The second kappa shape index (κ2) is 5.61. The molecule has 20 heavy (non-hydrogen) atoms. The van der Waals surface area contributed by atoms with E-state index in [-0.39, 0.29) is 19.1 Å². The second-order valence-electron chi connectivity index (χ2n) is 4.72. The Morgan fingerprint density at radius 3 is 3.15 bits per heavy atom. The lowest BCUT2D eigenvalue weighted by Crippen LogP contribution is -2.43. The van der Waals surface area contributed by atoms with Crippen molar-refractivity contribution in [2.24, 2.45) is 0 Å². The summed E-state index contributed by atoms with van der Waals surface area (Å²) in [6.07, 6.45) is 0.546. The molecule has 0 spiro atoms. The van der Waals surface area contributed by atoms with Gasteiger partial charge in [0.2, 0.25) is 0 Å². The molecule has 0 aliphatic carbocycles. The van der Waals surface area contributed by atoms with Crippen LogP contribution in [0.4, 0.5) is 0 Å². The van der Waals surface area contributed by atoms with E-state index in [2.05, 4.69) is 10.3 Å². The molecular weight excluding hydrogens is 296 g/mol. The largest absolute Gasteiger partial charge is 0.386 e. The first-order valence-electron chi connectivity index (χ1n) is 6.24. The third-order valence-corrected chi connectivity index (χ3v) is 5.01. The molecule has 2 aromatic heterocycles. The van der Waals surface area contributed by atoms with E-state index < -0.39 is 5.60 Å². The zero-order valence-electron chi connectivity index (χ0n) is 10.7. The third-order valence-electron chi connectivity index (χ3n) is 3.13. The van der Waals surface area contributed by atoms with Gasteiger partial charge < -0.3 is 15.2 Å². The molecule has 0 aromatic carbocycles. The second-order valence-corrected chi connectivity index (χ2v) is 6.53. The van der Waals surface area contributed by atoms with Crippen molar-refractivity contribution in [3.63, 3.8) is 0 Å². The van der Waals surface area contributed by atoms with Crippen LogP contribution in [0.2, 0.25) is 0 Å². The summed E-state index contributed by atoms with van der Waals surface area (Å²) in [5.41, 5.74) is -0.552. The Bertz CT molecular complexity index is 589. The zero-order valence-corrected chi connectivity index (χ0v) is 12.3. The molecule has 3 rings (SSSR count). The van der Waals surface area contributed by atoms with Crippen molar-refractivity contribution in [3.8, 4) is 9.88 Å². The van der Waals surface area contributed by atoms with E-state index in [4.69, 9.17) is 4.74 Å². The number of hydrogen-bond donors (Lipinski definition) is 2. The predicted molar refractivity (Wildman–Crippen MR) is 78.1 cm³/mol. The molecule has 1 amide bonds. The van der Waals surface area contributed by atoms with Gasteiger partial charge in [0.05, 0.1) is 11.5 Å². The fourth-order valence-electron chi connectivity index (χ4n) is 1.96. The molecule has 1 aliphatic rings. The molecule has 2 N–H and O–H groups in total. The fourth-order valence-corrected chi connectivity index (χ4v) is 3.58. The minimum Gasteiger partial charge on any atom is -0.386 e. The van der Waals surface area contributed by atoms with Gasteiger partial charge in [-0.3, -0.25) is 4.79 Å². The summed E-state index contributed by atoms with van der Waals surface area (Å²) >= 11 is 3.04. The number of aromatic nitrogens is 1. The molecule has 0 saturated carbocycles. The number of thiazole rings is 1. The molecule has 1 unspecified atom stereocenters. The molecule has 2 aromatic rings. The van der Waals surface area contributed by atoms with Crippen LogP contribution >= 0.6 is 22.7 Å². The highest BCUT2D eigenvalue weighted by Crippen LogP contribution is 2.27. The SMILES string of the molecule is O=C(NCC1(O)CCOC1)c1csc(-c2cccs2)n1. The quantitative estimate of drug-likeness (QED) is 0.902. The predicted octanol–water partition coefficient (Wildman–Crippen LogP) is 1.75. The summed E-state index contributed by atoms with van der Waals surface area (Å²) < 4.78 is 5.14. The summed E-state index contributed by atoms with van der Waals surface area (Å²) in [4.78, 5) is 17.4. The highest BCUT2D eigenvalue weighted by atomic mass is 32.1. The fraction of sp³-hybridized carbons (Fsp3) is 0.385. The van der Waals surface area contributed by atoms with Crippen molar-refractivity contribution in [1.29, 1.82) is 0 Å². The first-order valence-corrected chi connectivity index (χ1v) is 8.00. The van der Waals surface area contributed by atoms with Gasteiger partial charge in [0.25, 0.3) is 5.91 Å². The van der Waals surface area contributed by atoms with Gasteiger partial charge in [-0.25, -0.2) is 4.98 Å². The summed E-state index contributed by atoms with van der Waals surface area (Å²) in [6, 6.07) is 3.93. The number of hydrogen-bond acceptors (Lipinski definition) is 6. The number of aliphatic hydroxyl groups is 1. The molecule has 5 nitrogen and oxygen atoms in total. The minimum atomic E-state index is -0.942. The van der Waals surface area contributed by atoms with Gasteiger partial charge in [-0.15, -0.1) is 22.7 Å². The number of nitrogens with one attached hydrogen (secondary N) is 1. The number of rotatable bonds is 4. The number of carbonyl (C=O) groups is 1. The lowest BCUT2D eigenvalue weighted by Gasteiger charge is -2.20. The molecule has 7 heteroatoms. The van der Waals surface area contributed by atoms with Gasteiger partial charge in [0, 0.05) is 25.0 Å². The van der Waals surface area contributed by atoms with Crippen LogP contribution in [-0.4, -0.2) is 41.4 Å². The Labute approximate surface area is 124 Å². The monoisotopic (exact) mass is 310 g/mol. The first kappa shape index (κ1) is 13.7. The van der Waals surface area contributed by atoms with Gasteiger partial charge >= 0.3 is 0 Å². The molecule has 0 radical (unpaired) electrons. The maximum atomic E-state index is 12.0. The minimum absolute atomic E-state index is 0.192. The van der Waals surface area contributed by atoms with Gasteiger partial charge in [-0.2, -0.15) is 0 Å². The van der Waals surface area contributed by atoms with Crippen LogP contribution < -0.4 is 5.32 Å². The molecule has 106 valence electrons. The normalized spacial score (nSPS) is 22.1. The Hall–Kier alpha value is -1.28. The van der Waals surface area contributed by atoms with Crippen LogP contribution in [0.3, 0.4) is 0 Å². The highest BCUT2D eigenvalue weighted by molar-refractivity contribution is 7.20. The van der Waals surface area contributed by atoms with Crippen molar-refractivity contribution in [3.05, 3.63) is 28.6 Å². The number of amides is 1. The van der Waals surface area contributed by atoms with E-state index in [0.717, 1.165) is 9.88 Å². The number of ether oxygens (including phenoxy) is 1. The molecule has 1 saturated heterocycles. The maximum absolute atomic E-state index is 12.0. The van der Waals surface area contributed by atoms with Crippen LogP contribution in [0.25, 0.3) is 9.88 Å². The van der Waals surface area contributed by atoms with E-state index in [1.54, 1.807) is 16.7 Å². The van der Waals surface area contributed by atoms with Crippen LogP contribution in [-0.2, 0) is 4.74 Å². The summed E-state index contributed by atoms with van der Waals surface area (Å²) in [6.45, 7) is 0.994. The lowest BCUT2D eigenvalue weighted by atomic mass is 10.0. The van der Waals surface area contributed by atoms with Crippen LogP contribution in [0.5, 0.6) is 0 Å². The lowest BCUT2D eigenvalue weighted by molar-refractivity contribution is 0.0264. The zero-order chi connectivity index (χ0) is 14.0. The molecule has 1 aliphatic heterocycles. The van der Waals surface area contributed by atoms with Crippen molar-refractivity contribution in [2.45, 2.75) is 12.0 Å². The average molecular weight is 310 g/mol. The van der Waals surface area contributed by atoms with Gasteiger partial charge in [-0.1, -0.05) is 6.07 Å². The van der Waals surface area contributed by atoms with E-state index in [1.807, 2.05) is 17.5 Å². The molecule has 3 heterocycles.